The van der Waals surface area contributed by atoms with Crippen LogP contribution in [0, 0.1) is 5.92 Å². The van der Waals surface area contributed by atoms with Gasteiger partial charge in [-0.2, -0.15) is 0 Å². The van der Waals surface area contributed by atoms with Crippen molar-refractivity contribution in [3.05, 3.63) is 29.8 Å². The van der Waals surface area contributed by atoms with E-state index in [4.69, 9.17) is 4.74 Å². The Morgan fingerprint density at radius 2 is 1.79 bits per heavy atom. The predicted octanol–water partition coefficient (Wildman–Crippen LogP) is 3.14. The molecule has 0 radical (unpaired) electrons. The van der Waals surface area contributed by atoms with Crippen LogP contribution in [0.5, 0.6) is 5.75 Å². The summed E-state index contributed by atoms with van der Waals surface area (Å²) in [5, 5.41) is 13.2. The summed E-state index contributed by atoms with van der Waals surface area (Å²) in [5.41, 5.74) is 1.21. The minimum Gasteiger partial charge on any atom is -0.494 e. The molecule has 0 saturated heterocycles. The summed E-state index contributed by atoms with van der Waals surface area (Å²) in [7, 11) is 0. The molecule has 0 heterocycles. The summed E-state index contributed by atoms with van der Waals surface area (Å²) in [4.78, 5) is 0. The van der Waals surface area contributed by atoms with Crippen molar-refractivity contribution in [1.82, 2.24) is 5.32 Å². The molecule has 0 aliphatic heterocycles. The molecule has 1 aromatic carbocycles. The molecular weight excluding hydrogens is 238 g/mol. The quantitative estimate of drug-likeness (QED) is 0.758. The van der Waals surface area contributed by atoms with Crippen LogP contribution in [-0.2, 0) is 0 Å². The standard InChI is InChI=1S/C16H27NO2/c1-5-19-16-8-6-14(7-9-16)13(4)17-11-15(18)10-12(2)3/h6-9,12-13,15,17-18H,5,10-11H2,1-4H3. The highest BCUT2D eigenvalue weighted by Crippen LogP contribution is 2.17. The number of aliphatic hydroxyl groups is 1. The van der Waals surface area contributed by atoms with Gasteiger partial charge in [-0.25, -0.2) is 0 Å². The van der Waals surface area contributed by atoms with Crippen LogP contribution >= 0.6 is 0 Å². The van der Waals surface area contributed by atoms with E-state index in [0.29, 0.717) is 19.1 Å². The number of aliphatic hydroxyl groups excluding tert-OH is 1. The van der Waals surface area contributed by atoms with Gasteiger partial charge in [0.1, 0.15) is 5.75 Å². The first-order valence-corrected chi connectivity index (χ1v) is 7.17. The topological polar surface area (TPSA) is 41.5 Å². The Kier molecular flexibility index (Phi) is 6.89. The molecule has 1 rings (SSSR count). The zero-order valence-corrected chi connectivity index (χ0v) is 12.5. The first-order valence-electron chi connectivity index (χ1n) is 7.17. The average Bonchev–Trinajstić information content (AvgIpc) is 2.36. The average molecular weight is 265 g/mol. The van der Waals surface area contributed by atoms with Gasteiger partial charge in [0.15, 0.2) is 0 Å². The fraction of sp³-hybridized carbons (Fsp3) is 0.625. The molecule has 3 nitrogen and oxygen atoms in total. The molecular formula is C16H27NO2. The van der Waals surface area contributed by atoms with Gasteiger partial charge >= 0.3 is 0 Å². The molecule has 0 bridgehead atoms. The van der Waals surface area contributed by atoms with Gasteiger partial charge in [-0.1, -0.05) is 26.0 Å². The van der Waals surface area contributed by atoms with Crippen molar-refractivity contribution >= 4 is 0 Å². The van der Waals surface area contributed by atoms with Crippen molar-refractivity contribution in [2.45, 2.75) is 46.3 Å². The summed E-state index contributed by atoms with van der Waals surface area (Å²) in [6, 6.07) is 8.34. The van der Waals surface area contributed by atoms with Crippen LogP contribution in [0.1, 0.15) is 45.7 Å². The second kappa shape index (κ2) is 8.18. The number of hydrogen-bond acceptors (Lipinski definition) is 3. The van der Waals surface area contributed by atoms with Crippen LogP contribution in [0.3, 0.4) is 0 Å². The Balaban J connectivity index is 2.42. The van der Waals surface area contributed by atoms with Crippen molar-refractivity contribution in [1.29, 1.82) is 0 Å². The fourth-order valence-electron chi connectivity index (χ4n) is 2.08. The summed E-state index contributed by atoms with van der Waals surface area (Å²) in [6.45, 7) is 9.66. The maximum atomic E-state index is 9.85. The van der Waals surface area contributed by atoms with Crippen LogP contribution in [0.4, 0.5) is 0 Å². The highest BCUT2D eigenvalue weighted by molar-refractivity contribution is 5.28. The number of ether oxygens (including phenoxy) is 1. The SMILES string of the molecule is CCOc1ccc(C(C)NCC(O)CC(C)C)cc1. The van der Waals surface area contributed by atoms with E-state index in [-0.39, 0.29) is 12.1 Å². The monoisotopic (exact) mass is 265 g/mol. The van der Waals surface area contributed by atoms with Gasteiger partial charge in [-0.05, 0) is 43.9 Å². The number of hydrogen-bond donors (Lipinski definition) is 2. The summed E-state index contributed by atoms with van der Waals surface area (Å²) >= 11 is 0. The zero-order chi connectivity index (χ0) is 14.3. The lowest BCUT2D eigenvalue weighted by molar-refractivity contribution is 0.143. The van der Waals surface area contributed by atoms with E-state index in [0.717, 1.165) is 12.2 Å². The van der Waals surface area contributed by atoms with Gasteiger partial charge in [0.05, 0.1) is 12.7 Å². The van der Waals surface area contributed by atoms with E-state index in [9.17, 15) is 5.11 Å². The molecule has 0 aliphatic carbocycles. The summed E-state index contributed by atoms with van der Waals surface area (Å²) in [5.74, 6) is 1.43. The van der Waals surface area contributed by atoms with Gasteiger partial charge in [0.2, 0.25) is 0 Å². The number of nitrogens with one attached hydrogen (secondary N) is 1. The van der Waals surface area contributed by atoms with Gasteiger partial charge in [-0.15, -0.1) is 0 Å². The third kappa shape index (κ3) is 6.08. The maximum Gasteiger partial charge on any atom is 0.119 e. The molecule has 19 heavy (non-hydrogen) atoms. The first kappa shape index (κ1) is 16.0. The third-order valence-electron chi connectivity index (χ3n) is 3.09. The molecule has 0 saturated carbocycles. The fourth-order valence-corrected chi connectivity index (χ4v) is 2.08. The van der Waals surface area contributed by atoms with E-state index < -0.39 is 0 Å². The van der Waals surface area contributed by atoms with E-state index in [1.807, 2.05) is 19.1 Å². The largest absolute Gasteiger partial charge is 0.494 e. The van der Waals surface area contributed by atoms with Gasteiger partial charge in [0.25, 0.3) is 0 Å². The van der Waals surface area contributed by atoms with Crippen LogP contribution < -0.4 is 10.1 Å². The van der Waals surface area contributed by atoms with E-state index in [2.05, 4.69) is 38.2 Å². The highest BCUT2D eigenvalue weighted by Gasteiger charge is 2.10. The van der Waals surface area contributed by atoms with Crippen LogP contribution in [-0.4, -0.2) is 24.4 Å². The second-order valence-electron chi connectivity index (χ2n) is 5.42. The van der Waals surface area contributed by atoms with E-state index >= 15 is 0 Å². The first-order chi connectivity index (χ1) is 9.02. The molecule has 108 valence electrons. The molecule has 0 fully saturated rings. The molecule has 2 atom stereocenters. The lowest BCUT2D eigenvalue weighted by Crippen LogP contribution is -2.29. The Labute approximate surface area is 117 Å². The summed E-state index contributed by atoms with van der Waals surface area (Å²) < 4.78 is 5.42. The van der Waals surface area contributed by atoms with Crippen molar-refractivity contribution < 1.29 is 9.84 Å². The molecule has 1 aromatic rings. The molecule has 0 aromatic heterocycles. The Morgan fingerprint density at radius 1 is 1.16 bits per heavy atom. The molecule has 2 N–H and O–H groups in total. The van der Waals surface area contributed by atoms with Crippen LogP contribution in [0.25, 0.3) is 0 Å². The van der Waals surface area contributed by atoms with Crippen molar-refractivity contribution in [2.24, 2.45) is 5.92 Å². The van der Waals surface area contributed by atoms with Crippen LogP contribution in [0.2, 0.25) is 0 Å². The zero-order valence-electron chi connectivity index (χ0n) is 12.5. The van der Waals surface area contributed by atoms with Crippen molar-refractivity contribution in [3.8, 4) is 5.75 Å². The lowest BCUT2D eigenvalue weighted by atomic mass is 10.0. The minimum absolute atomic E-state index is 0.234. The summed E-state index contributed by atoms with van der Waals surface area (Å²) in [6.07, 6.45) is 0.563. The van der Waals surface area contributed by atoms with Gasteiger partial charge in [-0.3, -0.25) is 0 Å². The minimum atomic E-state index is -0.273. The third-order valence-corrected chi connectivity index (χ3v) is 3.09. The lowest BCUT2D eigenvalue weighted by Gasteiger charge is -2.19. The Hall–Kier alpha value is -1.06. The van der Waals surface area contributed by atoms with Gasteiger partial charge < -0.3 is 15.2 Å². The molecule has 0 aliphatic rings. The molecule has 2 unspecified atom stereocenters. The van der Waals surface area contributed by atoms with Crippen LogP contribution in [0.15, 0.2) is 24.3 Å². The molecule has 3 heteroatoms. The number of benzene rings is 1. The molecule has 0 amide bonds. The van der Waals surface area contributed by atoms with Crippen molar-refractivity contribution in [3.63, 3.8) is 0 Å². The Bertz CT molecular complexity index is 348. The van der Waals surface area contributed by atoms with Gasteiger partial charge in [0, 0.05) is 12.6 Å². The van der Waals surface area contributed by atoms with Crippen molar-refractivity contribution in [2.75, 3.05) is 13.2 Å². The Morgan fingerprint density at radius 3 is 2.32 bits per heavy atom. The molecule has 0 spiro atoms. The highest BCUT2D eigenvalue weighted by atomic mass is 16.5. The normalized spacial score (nSPS) is 14.4. The smallest absolute Gasteiger partial charge is 0.119 e. The predicted molar refractivity (Wildman–Crippen MR) is 79.5 cm³/mol. The second-order valence-corrected chi connectivity index (χ2v) is 5.42. The van der Waals surface area contributed by atoms with E-state index in [1.165, 1.54) is 5.56 Å². The van der Waals surface area contributed by atoms with E-state index in [1.54, 1.807) is 0 Å². The maximum absolute atomic E-state index is 9.85. The number of rotatable bonds is 8.